The van der Waals surface area contributed by atoms with E-state index in [4.69, 9.17) is 16.7 Å². The first kappa shape index (κ1) is 27.0. The van der Waals surface area contributed by atoms with Gasteiger partial charge in [0, 0.05) is 65.8 Å². The number of rotatable bonds is 2. The normalized spacial score (nSPS) is 21.2. The summed E-state index contributed by atoms with van der Waals surface area (Å²) in [4.78, 5) is 10.2. The maximum Gasteiger partial charge on any atom is 0.157 e. The molecule has 1 saturated heterocycles. The van der Waals surface area contributed by atoms with Crippen LogP contribution in [0.5, 0.6) is 0 Å². The number of aromatic nitrogens is 3. The van der Waals surface area contributed by atoms with E-state index in [0.717, 1.165) is 67.4 Å². The maximum absolute atomic E-state index is 5.33. The molecule has 1 atom stereocenters. The van der Waals surface area contributed by atoms with Crippen LogP contribution in [0.25, 0.3) is 11.3 Å². The minimum Gasteiger partial charge on any atom is -0.387 e. The number of hydrogen-bond acceptors (Lipinski definition) is 5. The van der Waals surface area contributed by atoms with Gasteiger partial charge in [-0.05, 0) is 77.3 Å². The number of anilines is 1. The summed E-state index contributed by atoms with van der Waals surface area (Å²) in [5.74, 6) is 1.70. The van der Waals surface area contributed by atoms with Crippen LogP contribution in [-0.4, -0.2) is 52.4 Å². The lowest BCUT2D eigenvalue weighted by Crippen LogP contribution is -2.48. The maximum atomic E-state index is 5.33. The summed E-state index contributed by atoms with van der Waals surface area (Å²) in [6.45, 7) is 18.6. The van der Waals surface area contributed by atoms with Crippen molar-refractivity contribution in [3.8, 4) is 0 Å². The number of piperidine rings is 1. The van der Waals surface area contributed by atoms with E-state index in [-0.39, 0.29) is 11.5 Å². The number of hydrogen-bond donors (Lipinski definition) is 1. The van der Waals surface area contributed by atoms with Gasteiger partial charge in [-0.2, -0.15) is 9.61 Å². The number of aryl methyl sites for hydroxylation is 2. The van der Waals surface area contributed by atoms with Gasteiger partial charge in [-0.25, -0.2) is 4.98 Å². The van der Waals surface area contributed by atoms with Gasteiger partial charge >= 0.3 is 0 Å². The van der Waals surface area contributed by atoms with Crippen molar-refractivity contribution in [3.05, 3.63) is 77.3 Å². The van der Waals surface area contributed by atoms with Crippen molar-refractivity contribution in [3.63, 3.8) is 0 Å². The zero-order chi connectivity index (χ0) is 28.0. The van der Waals surface area contributed by atoms with Gasteiger partial charge in [-0.15, -0.1) is 0 Å². The molecule has 2 aliphatic heterocycles. The fraction of sp³-hybridized carbons (Fsp3) is 0.515. The Balaban J connectivity index is 1.51. The van der Waals surface area contributed by atoms with Gasteiger partial charge in [0.2, 0.25) is 0 Å². The zero-order valence-corrected chi connectivity index (χ0v) is 25.0. The number of nitrogens with one attached hydrogen (secondary N) is 1. The van der Waals surface area contributed by atoms with Gasteiger partial charge in [0.1, 0.15) is 13.7 Å². The fourth-order valence-corrected chi connectivity index (χ4v) is 6.67. The predicted octanol–water partition coefficient (Wildman–Crippen LogP) is 5.73. The van der Waals surface area contributed by atoms with Crippen LogP contribution in [0.3, 0.4) is 0 Å². The van der Waals surface area contributed by atoms with Gasteiger partial charge in [-0.3, -0.25) is 0 Å². The first-order valence-corrected chi connectivity index (χ1v) is 15.3. The molecule has 6 nitrogen and oxygen atoms in total. The van der Waals surface area contributed by atoms with E-state index in [1.165, 1.54) is 54.5 Å². The summed E-state index contributed by atoms with van der Waals surface area (Å²) >= 11 is 0. The Morgan fingerprint density at radius 2 is 1.80 bits per heavy atom. The molecule has 0 spiro atoms. The van der Waals surface area contributed by atoms with Gasteiger partial charge in [0.15, 0.2) is 5.65 Å². The highest BCUT2D eigenvalue weighted by Gasteiger charge is 2.32. The molecule has 3 aromatic rings. The Kier molecular flexibility index (Phi) is 7.18. The molecule has 3 aliphatic rings. The van der Waals surface area contributed by atoms with Gasteiger partial charge < -0.3 is 15.1 Å². The Hall–Kier alpha value is -3.22. The largest absolute Gasteiger partial charge is 0.387 e. The van der Waals surface area contributed by atoms with Crippen LogP contribution in [-0.2, 0) is 6.42 Å². The van der Waals surface area contributed by atoms with Crippen LogP contribution in [0, 0.1) is 6.92 Å². The summed E-state index contributed by atoms with van der Waals surface area (Å²) in [5, 5.41) is 8.97. The highest BCUT2D eigenvalue weighted by Crippen LogP contribution is 2.40. The van der Waals surface area contributed by atoms with Crippen molar-refractivity contribution in [2.75, 3.05) is 24.5 Å². The van der Waals surface area contributed by atoms with Crippen LogP contribution in [0.1, 0.15) is 98.8 Å². The highest BCUT2D eigenvalue weighted by atomic mass is 15.4. The number of fused-ring (bicyclic) bond motifs is 4. The lowest BCUT2D eigenvalue weighted by molar-refractivity contribution is 0.226. The van der Waals surface area contributed by atoms with Crippen LogP contribution in [0.15, 0.2) is 49.2 Å². The van der Waals surface area contributed by atoms with Crippen molar-refractivity contribution in [1.82, 2.24) is 24.8 Å². The second-order valence-electron chi connectivity index (χ2n) is 13.2. The van der Waals surface area contributed by atoms with E-state index in [0.29, 0.717) is 5.92 Å². The van der Waals surface area contributed by atoms with E-state index >= 15 is 0 Å². The zero-order valence-electron chi connectivity index (χ0n) is 25.0. The second-order valence-corrected chi connectivity index (χ2v) is 13.2. The van der Waals surface area contributed by atoms with E-state index in [1.54, 1.807) is 0 Å². The predicted molar refractivity (Wildman–Crippen MR) is 169 cm³/mol. The molecule has 2 fully saturated rings. The lowest BCUT2D eigenvalue weighted by Gasteiger charge is -2.39. The first-order chi connectivity index (χ1) is 19.2. The molecule has 0 radical (unpaired) electrons. The van der Waals surface area contributed by atoms with Crippen molar-refractivity contribution in [2.24, 2.45) is 0 Å². The third-order valence-corrected chi connectivity index (χ3v) is 9.23. The summed E-state index contributed by atoms with van der Waals surface area (Å²) < 4.78 is 2.12. The minimum absolute atomic E-state index is 0.0757. The Morgan fingerprint density at radius 3 is 2.55 bits per heavy atom. The monoisotopic (exact) mass is 536 g/mol. The van der Waals surface area contributed by atoms with Gasteiger partial charge in [0.25, 0.3) is 0 Å². The average Bonchev–Trinajstić information content (AvgIpc) is 3.32. The summed E-state index contributed by atoms with van der Waals surface area (Å²) in [7, 11) is 2.30. The number of benzene rings is 1. The van der Waals surface area contributed by atoms with Crippen molar-refractivity contribution in [1.29, 1.82) is 0 Å². The molecule has 40 heavy (non-hydrogen) atoms. The van der Waals surface area contributed by atoms with Gasteiger partial charge in [-0.1, -0.05) is 37.3 Å². The SMILES string of the molecule is BC(C)(C)N1CCNC(=C)CCc2ccc(C)cc2C(=C)N2CCCCC2c2cc3nc(C4CCC4)cc1n3n2. The molecule has 1 aromatic carbocycles. The molecule has 7 heteroatoms. The van der Waals surface area contributed by atoms with Crippen LogP contribution < -0.4 is 10.2 Å². The first-order valence-electron chi connectivity index (χ1n) is 15.3. The number of allylic oxidation sites excluding steroid dienone is 1. The third-order valence-electron chi connectivity index (χ3n) is 9.23. The molecule has 4 heterocycles. The van der Waals surface area contributed by atoms with Crippen LogP contribution >= 0.6 is 0 Å². The highest BCUT2D eigenvalue weighted by molar-refractivity contribution is 6.16. The van der Waals surface area contributed by atoms with Crippen LogP contribution in [0.2, 0.25) is 0 Å². The van der Waals surface area contributed by atoms with Crippen LogP contribution in [0.4, 0.5) is 5.82 Å². The summed E-state index contributed by atoms with van der Waals surface area (Å²) in [6.07, 6.45) is 9.09. The fourth-order valence-electron chi connectivity index (χ4n) is 6.67. The van der Waals surface area contributed by atoms with E-state index in [9.17, 15) is 0 Å². The topological polar surface area (TPSA) is 48.7 Å². The van der Waals surface area contributed by atoms with Crippen molar-refractivity contribution in [2.45, 2.75) is 89.5 Å². The molecule has 2 bridgehead atoms. The number of nitrogens with zero attached hydrogens (tertiary/aromatic N) is 5. The molecular weight excluding hydrogens is 491 g/mol. The van der Waals surface area contributed by atoms with E-state index < -0.39 is 0 Å². The molecule has 210 valence electrons. The van der Waals surface area contributed by atoms with E-state index in [2.05, 4.69) is 85.2 Å². The average molecular weight is 537 g/mol. The Labute approximate surface area is 241 Å². The summed E-state index contributed by atoms with van der Waals surface area (Å²) in [6, 6.07) is 11.6. The van der Waals surface area contributed by atoms with Gasteiger partial charge in [0.05, 0.1) is 11.7 Å². The Bertz CT molecular complexity index is 1430. The Morgan fingerprint density at radius 1 is 0.975 bits per heavy atom. The summed E-state index contributed by atoms with van der Waals surface area (Å²) in [5.41, 5.74) is 9.31. The molecule has 1 aliphatic carbocycles. The molecule has 1 N–H and O–H groups in total. The molecule has 2 aromatic heterocycles. The van der Waals surface area contributed by atoms with Crippen molar-refractivity contribution < 1.29 is 0 Å². The standard InChI is InChI=1S/C33H45BN6/c1-22-12-14-25-15-13-23(2)35-16-18-39(33(4,5)34)32-21-28(26-9-8-10-26)36-31-20-29(37-40(31)32)30-11-6-7-17-38(30)24(3)27(25)19-22/h12,14,19-21,26,30,35H,2-3,6-11,13,15-18,34H2,1,4-5H3. The quantitative estimate of drug-likeness (QED) is 0.424. The molecule has 0 amide bonds. The second kappa shape index (κ2) is 10.6. The van der Waals surface area contributed by atoms with E-state index in [1.807, 2.05) is 0 Å². The molecule has 1 saturated carbocycles. The minimum atomic E-state index is -0.0757. The molecule has 6 rings (SSSR count). The molecule has 1 unspecified atom stereocenters. The van der Waals surface area contributed by atoms with Crippen molar-refractivity contribution >= 4 is 25.0 Å². The smallest absolute Gasteiger partial charge is 0.157 e. The lowest BCUT2D eigenvalue weighted by atomic mass is 9.79. The molecular formula is C33H45BN6. The third kappa shape index (κ3) is 5.15.